The zero-order valence-corrected chi connectivity index (χ0v) is 15.0. The molecule has 1 heterocycles. The Labute approximate surface area is 138 Å². The summed E-state index contributed by atoms with van der Waals surface area (Å²) >= 11 is 0. The van der Waals surface area contributed by atoms with Crippen LogP contribution in [0.1, 0.15) is 53.6 Å². The maximum Gasteiger partial charge on any atom is 0.254 e. The van der Waals surface area contributed by atoms with Gasteiger partial charge in [-0.25, -0.2) is 8.42 Å². The normalized spacial score (nSPS) is 20.4. The van der Waals surface area contributed by atoms with Crippen molar-refractivity contribution in [2.24, 2.45) is 5.41 Å². The Balaban J connectivity index is 1.86. The van der Waals surface area contributed by atoms with Gasteiger partial charge in [0.1, 0.15) is 0 Å². The Morgan fingerprint density at radius 1 is 1.09 bits per heavy atom. The van der Waals surface area contributed by atoms with Crippen LogP contribution in [0.4, 0.5) is 0 Å². The summed E-state index contributed by atoms with van der Waals surface area (Å²) in [5, 5.41) is 0. The van der Waals surface area contributed by atoms with Gasteiger partial charge in [-0.1, -0.05) is 6.42 Å². The number of nitrogens with zero attached hydrogens (tertiary/aromatic N) is 1. The standard InChI is InChI=1S/C18H25NO3S/c1-13-11-15(23(3,21)22)12-16(14(13)2)17(20)19-9-7-18(8-10-19)5-4-6-18/h11-12H,4-10H2,1-3H3. The van der Waals surface area contributed by atoms with Crippen LogP contribution in [0.15, 0.2) is 17.0 Å². The largest absolute Gasteiger partial charge is 0.339 e. The number of carbonyl (C=O) groups excluding carboxylic acids is 1. The average Bonchev–Trinajstić information content (AvgIpc) is 2.46. The lowest BCUT2D eigenvalue weighted by atomic mass is 9.63. The first kappa shape index (κ1) is 16.5. The van der Waals surface area contributed by atoms with Gasteiger partial charge in [-0.05, 0) is 68.2 Å². The van der Waals surface area contributed by atoms with Gasteiger partial charge in [0.15, 0.2) is 9.84 Å². The number of piperidine rings is 1. The Morgan fingerprint density at radius 3 is 2.17 bits per heavy atom. The number of carbonyl (C=O) groups is 1. The number of sulfone groups is 1. The lowest BCUT2D eigenvalue weighted by Crippen LogP contribution is -2.46. The van der Waals surface area contributed by atoms with Crippen molar-refractivity contribution in [3.05, 3.63) is 28.8 Å². The van der Waals surface area contributed by atoms with Crippen molar-refractivity contribution >= 4 is 15.7 Å². The molecule has 2 aliphatic rings. The molecule has 0 unspecified atom stereocenters. The summed E-state index contributed by atoms with van der Waals surface area (Å²) in [7, 11) is -3.31. The quantitative estimate of drug-likeness (QED) is 0.834. The lowest BCUT2D eigenvalue weighted by Gasteiger charge is -2.48. The molecule has 4 nitrogen and oxygen atoms in total. The van der Waals surface area contributed by atoms with E-state index in [2.05, 4.69) is 0 Å². The van der Waals surface area contributed by atoms with Crippen molar-refractivity contribution in [3.8, 4) is 0 Å². The highest BCUT2D eigenvalue weighted by molar-refractivity contribution is 7.90. The molecule has 1 aliphatic carbocycles. The monoisotopic (exact) mass is 335 g/mol. The fourth-order valence-corrected chi connectivity index (χ4v) is 4.52. The molecule has 0 atom stereocenters. The molecular weight excluding hydrogens is 310 g/mol. The van der Waals surface area contributed by atoms with Gasteiger partial charge in [0, 0.05) is 24.9 Å². The summed E-state index contributed by atoms with van der Waals surface area (Å²) in [4.78, 5) is 15.0. The second-order valence-corrected chi connectivity index (χ2v) is 9.35. The first-order valence-electron chi connectivity index (χ1n) is 8.32. The maximum atomic E-state index is 12.9. The first-order valence-corrected chi connectivity index (χ1v) is 10.2. The lowest BCUT2D eigenvalue weighted by molar-refractivity contribution is 0.0286. The van der Waals surface area contributed by atoms with E-state index in [0.717, 1.165) is 37.1 Å². The zero-order chi connectivity index (χ0) is 16.8. The fraction of sp³-hybridized carbons (Fsp3) is 0.611. The number of hydrogen-bond donors (Lipinski definition) is 0. The van der Waals surface area contributed by atoms with Crippen LogP contribution in [-0.2, 0) is 9.84 Å². The summed E-state index contributed by atoms with van der Waals surface area (Å²) < 4.78 is 23.7. The van der Waals surface area contributed by atoms with Crippen molar-refractivity contribution in [1.29, 1.82) is 0 Å². The van der Waals surface area contributed by atoms with Crippen LogP contribution in [-0.4, -0.2) is 38.6 Å². The van der Waals surface area contributed by atoms with E-state index >= 15 is 0 Å². The van der Waals surface area contributed by atoms with E-state index in [1.807, 2.05) is 18.7 Å². The van der Waals surface area contributed by atoms with E-state index in [1.165, 1.54) is 25.5 Å². The third-order valence-corrected chi connectivity index (χ3v) is 6.92. The van der Waals surface area contributed by atoms with Crippen LogP contribution in [0.5, 0.6) is 0 Å². The van der Waals surface area contributed by atoms with Gasteiger partial charge < -0.3 is 4.90 Å². The van der Waals surface area contributed by atoms with Crippen LogP contribution >= 0.6 is 0 Å². The van der Waals surface area contributed by atoms with Gasteiger partial charge in [0.25, 0.3) is 5.91 Å². The number of likely N-dealkylation sites (tertiary alicyclic amines) is 1. The van der Waals surface area contributed by atoms with Crippen LogP contribution in [0.2, 0.25) is 0 Å². The molecule has 23 heavy (non-hydrogen) atoms. The summed E-state index contributed by atoms with van der Waals surface area (Å²) in [5.41, 5.74) is 2.76. The highest BCUT2D eigenvalue weighted by Crippen LogP contribution is 2.48. The minimum Gasteiger partial charge on any atom is -0.339 e. The first-order chi connectivity index (χ1) is 10.7. The number of amides is 1. The molecule has 2 fully saturated rings. The highest BCUT2D eigenvalue weighted by Gasteiger charge is 2.40. The topological polar surface area (TPSA) is 54.5 Å². The summed E-state index contributed by atoms with van der Waals surface area (Å²) in [6, 6.07) is 3.20. The Kier molecular flexibility index (Phi) is 4.03. The number of hydrogen-bond acceptors (Lipinski definition) is 3. The van der Waals surface area contributed by atoms with E-state index in [0.29, 0.717) is 11.0 Å². The molecule has 3 rings (SSSR count). The third kappa shape index (κ3) is 3.03. The minimum atomic E-state index is -3.31. The molecular formula is C18H25NO3S. The van der Waals surface area contributed by atoms with E-state index < -0.39 is 9.84 Å². The smallest absolute Gasteiger partial charge is 0.254 e. The third-order valence-electron chi connectivity index (χ3n) is 5.82. The molecule has 0 aromatic heterocycles. The van der Waals surface area contributed by atoms with Crippen LogP contribution in [0, 0.1) is 19.3 Å². The maximum absolute atomic E-state index is 12.9. The number of rotatable bonds is 2. The Bertz CT molecular complexity index is 738. The molecule has 0 N–H and O–H groups in total. The van der Waals surface area contributed by atoms with Crippen molar-refractivity contribution < 1.29 is 13.2 Å². The van der Waals surface area contributed by atoms with E-state index in [1.54, 1.807) is 12.1 Å². The molecule has 1 amide bonds. The van der Waals surface area contributed by atoms with Gasteiger partial charge in [-0.3, -0.25) is 4.79 Å². The van der Waals surface area contributed by atoms with Gasteiger partial charge in [0.2, 0.25) is 0 Å². The molecule has 1 aromatic rings. The summed E-state index contributed by atoms with van der Waals surface area (Å²) in [6.45, 7) is 5.34. The van der Waals surface area contributed by atoms with Gasteiger partial charge in [0.05, 0.1) is 4.90 Å². The Hall–Kier alpha value is -1.36. The molecule has 1 saturated heterocycles. The second kappa shape index (κ2) is 5.62. The fourth-order valence-electron chi connectivity index (χ4n) is 3.79. The molecule has 126 valence electrons. The van der Waals surface area contributed by atoms with E-state index in [9.17, 15) is 13.2 Å². The number of aryl methyl sites for hydroxylation is 1. The Morgan fingerprint density at radius 2 is 1.70 bits per heavy atom. The van der Waals surface area contributed by atoms with E-state index in [-0.39, 0.29) is 10.8 Å². The van der Waals surface area contributed by atoms with Gasteiger partial charge >= 0.3 is 0 Å². The van der Waals surface area contributed by atoms with Crippen molar-refractivity contribution in [2.45, 2.75) is 50.8 Å². The SMILES string of the molecule is Cc1cc(S(C)(=O)=O)cc(C(=O)N2CCC3(CCC3)CC2)c1C. The predicted octanol–water partition coefficient (Wildman–Crippen LogP) is 3.11. The van der Waals surface area contributed by atoms with Gasteiger partial charge in [-0.15, -0.1) is 0 Å². The predicted molar refractivity (Wildman–Crippen MR) is 90.4 cm³/mol. The van der Waals surface area contributed by atoms with Crippen molar-refractivity contribution in [3.63, 3.8) is 0 Å². The highest BCUT2D eigenvalue weighted by atomic mass is 32.2. The van der Waals surface area contributed by atoms with Crippen molar-refractivity contribution in [2.75, 3.05) is 19.3 Å². The molecule has 0 bridgehead atoms. The van der Waals surface area contributed by atoms with Crippen LogP contribution < -0.4 is 0 Å². The molecule has 1 aliphatic heterocycles. The average molecular weight is 335 g/mol. The van der Waals surface area contributed by atoms with Crippen LogP contribution in [0.3, 0.4) is 0 Å². The molecule has 1 saturated carbocycles. The molecule has 5 heteroatoms. The summed E-state index contributed by atoms with van der Waals surface area (Å²) in [5.74, 6) is -0.0229. The van der Waals surface area contributed by atoms with Crippen molar-refractivity contribution in [1.82, 2.24) is 4.90 Å². The van der Waals surface area contributed by atoms with Gasteiger partial charge in [-0.2, -0.15) is 0 Å². The number of benzene rings is 1. The second-order valence-electron chi connectivity index (χ2n) is 7.33. The molecule has 0 radical (unpaired) electrons. The molecule has 1 spiro atoms. The van der Waals surface area contributed by atoms with E-state index in [4.69, 9.17) is 0 Å². The molecule has 1 aromatic carbocycles. The van der Waals surface area contributed by atoms with Crippen LogP contribution in [0.25, 0.3) is 0 Å². The summed E-state index contributed by atoms with van der Waals surface area (Å²) in [6.07, 6.45) is 7.29. The zero-order valence-electron chi connectivity index (χ0n) is 14.2. The minimum absolute atomic E-state index is 0.0229.